The maximum atomic E-state index is 10.9. The van der Waals surface area contributed by atoms with Crippen molar-refractivity contribution in [1.29, 1.82) is 0 Å². The third-order valence-corrected chi connectivity index (χ3v) is 1.38. The van der Waals surface area contributed by atoms with E-state index < -0.39 is 0 Å². The first-order valence-electron chi connectivity index (χ1n) is 3.80. The smallest absolute Gasteiger partial charge is 0.244 e. The molecule has 11 heavy (non-hydrogen) atoms. The van der Waals surface area contributed by atoms with Crippen LogP contribution in [0.15, 0.2) is 24.8 Å². The van der Waals surface area contributed by atoms with Crippen molar-refractivity contribution in [2.75, 3.05) is 0 Å². The molecule has 0 aliphatic rings. The lowest BCUT2D eigenvalue weighted by molar-refractivity contribution is -0.117. The van der Waals surface area contributed by atoms with Gasteiger partial charge in [0.25, 0.3) is 0 Å². The number of hydrogen-bond donors (Lipinski definition) is 1. The standard InChI is InChI=1S/C9H15NO/c1-4-6-7-9(11)10-8(3)5-2/h4,6-8H,1,5H2,2-3H3,(H,10,11)/b7-6+. The molecule has 0 rings (SSSR count). The molecule has 0 heterocycles. The van der Waals surface area contributed by atoms with Crippen molar-refractivity contribution < 1.29 is 4.79 Å². The maximum Gasteiger partial charge on any atom is 0.244 e. The molecular weight excluding hydrogens is 138 g/mol. The second kappa shape index (κ2) is 5.71. The zero-order valence-electron chi connectivity index (χ0n) is 7.13. The van der Waals surface area contributed by atoms with Crippen molar-refractivity contribution in [3.05, 3.63) is 24.8 Å². The van der Waals surface area contributed by atoms with E-state index in [2.05, 4.69) is 11.9 Å². The summed E-state index contributed by atoms with van der Waals surface area (Å²) in [7, 11) is 0. The summed E-state index contributed by atoms with van der Waals surface area (Å²) in [4.78, 5) is 10.9. The number of carbonyl (C=O) groups excluding carboxylic acids is 1. The molecule has 62 valence electrons. The van der Waals surface area contributed by atoms with Crippen LogP contribution in [0.5, 0.6) is 0 Å². The highest BCUT2D eigenvalue weighted by Crippen LogP contribution is 1.87. The molecule has 0 radical (unpaired) electrons. The molecule has 1 atom stereocenters. The van der Waals surface area contributed by atoms with Gasteiger partial charge in [-0.1, -0.05) is 25.7 Å². The minimum Gasteiger partial charge on any atom is -0.350 e. The predicted molar refractivity (Wildman–Crippen MR) is 47.2 cm³/mol. The third-order valence-electron chi connectivity index (χ3n) is 1.38. The first-order chi connectivity index (χ1) is 5.20. The van der Waals surface area contributed by atoms with Crippen molar-refractivity contribution in [2.45, 2.75) is 26.3 Å². The van der Waals surface area contributed by atoms with Crippen molar-refractivity contribution >= 4 is 5.91 Å². The van der Waals surface area contributed by atoms with Gasteiger partial charge in [-0.3, -0.25) is 4.79 Å². The van der Waals surface area contributed by atoms with E-state index in [1.54, 1.807) is 12.2 Å². The predicted octanol–water partition coefficient (Wildman–Crippen LogP) is 1.64. The topological polar surface area (TPSA) is 29.1 Å². The number of hydrogen-bond acceptors (Lipinski definition) is 1. The first kappa shape index (κ1) is 9.95. The van der Waals surface area contributed by atoms with E-state index >= 15 is 0 Å². The Labute approximate surface area is 68.0 Å². The lowest BCUT2D eigenvalue weighted by atomic mass is 10.2. The first-order valence-corrected chi connectivity index (χ1v) is 3.80. The number of rotatable bonds is 4. The lowest BCUT2D eigenvalue weighted by Crippen LogP contribution is -2.30. The molecule has 2 nitrogen and oxygen atoms in total. The lowest BCUT2D eigenvalue weighted by Gasteiger charge is -2.07. The van der Waals surface area contributed by atoms with E-state index in [9.17, 15) is 4.79 Å². The molecule has 0 aliphatic heterocycles. The average Bonchev–Trinajstić information content (AvgIpc) is 2.00. The van der Waals surface area contributed by atoms with Gasteiger partial charge in [-0.05, 0) is 13.3 Å². The van der Waals surface area contributed by atoms with Crippen LogP contribution >= 0.6 is 0 Å². The van der Waals surface area contributed by atoms with E-state index in [4.69, 9.17) is 0 Å². The normalized spacial score (nSPS) is 12.9. The molecule has 0 saturated carbocycles. The van der Waals surface area contributed by atoms with Crippen LogP contribution in [0.25, 0.3) is 0 Å². The Hall–Kier alpha value is -1.05. The van der Waals surface area contributed by atoms with Gasteiger partial charge in [-0.2, -0.15) is 0 Å². The van der Waals surface area contributed by atoms with Gasteiger partial charge in [0.2, 0.25) is 5.91 Å². The van der Waals surface area contributed by atoms with Crippen molar-refractivity contribution in [1.82, 2.24) is 5.32 Å². The zero-order chi connectivity index (χ0) is 8.69. The summed E-state index contributed by atoms with van der Waals surface area (Å²) in [5.74, 6) is -0.0562. The highest BCUT2D eigenvalue weighted by atomic mass is 16.1. The van der Waals surface area contributed by atoms with Gasteiger partial charge >= 0.3 is 0 Å². The van der Waals surface area contributed by atoms with Gasteiger partial charge in [0.05, 0.1) is 0 Å². The van der Waals surface area contributed by atoms with Crippen molar-refractivity contribution in [3.8, 4) is 0 Å². The van der Waals surface area contributed by atoms with Crippen LogP contribution in [0, 0.1) is 0 Å². The summed E-state index contributed by atoms with van der Waals surface area (Å²) in [6.07, 6.45) is 5.63. The summed E-state index contributed by atoms with van der Waals surface area (Å²) in [5, 5.41) is 2.79. The summed E-state index contributed by atoms with van der Waals surface area (Å²) in [5.41, 5.74) is 0. The van der Waals surface area contributed by atoms with Gasteiger partial charge in [0.15, 0.2) is 0 Å². The molecule has 0 spiro atoms. The van der Waals surface area contributed by atoms with Crippen molar-refractivity contribution in [3.63, 3.8) is 0 Å². The highest BCUT2D eigenvalue weighted by Gasteiger charge is 1.99. The van der Waals surface area contributed by atoms with Crippen LogP contribution in [0.1, 0.15) is 20.3 Å². The molecule has 0 aromatic heterocycles. The maximum absolute atomic E-state index is 10.9. The average molecular weight is 153 g/mol. The third kappa shape index (κ3) is 5.40. The SMILES string of the molecule is C=C/C=C/C(=O)NC(C)CC. The van der Waals surface area contributed by atoms with E-state index in [0.717, 1.165) is 6.42 Å². The Balaban J connectivity index is 3.68. The van der Waals surface area contributed by atoms with Gasteiger partial charge < -0.3 is 5.32 Å². The molecule has 0 aromatic carbocycles. The van der Waals surface area contributed by atoms with Crippen LogP contribution in [0.2, 0.25) is 0 Å². The highest BCUT2D eigenvalue weighted by molar-refractivity contribution is 5.87. The largest absolute Gasteiger partial charge is 0.350 e. The number of amides is 1. The summed E-state index contributed by atoms with van der Waals surface area (Å²) in [6, 6.07) is 0.247. The number of allylic oxidation sites excluding steroid dienone is 2. The summed E-state index contributed by atoms with van der Waals surface area (Å²) < 4.78 is 0. The summed E-state index contributed by atoms with van der Waals surface area (Å²) >= 11 is 0. The van der Waals surface area contributed by atoms with Crippen LogP contribution in [-0.4, -0.2) is 11.9 Å². The number of carbonyl (C=O) groups is 1. The molecule has 0 bridgehead atoms. The van der Waals surface area contributed by atoms with E-state index in [0.29, 0.717) is 0 Å². The fourth-order valence-electron chi connectivity index (χ4n) is 0.548. The molecule has 0 aromatic rings. The Kier molecular flexibility index (Phi) is 5.17. The monoisotopic (exact) mass is 153 g/mol. The Morgan fingerprint density at radius 2 is 2.36 bits per heavy atom. The molecule has 2 heteroatoms. The molecular formula is C9H15NO. The van der Waals surface area contributed by atoms with Crippen LogP contribution in [0.3, 0.4) is 0 Å². The zero-order valence-corrected chi connectivity index (χ0v) is 7.13. The number of nitrogens with one attached hydrogen (secondary N) is 1. The fraction of sp³-hybridized carbons (Fsp3) is 0.444. The van der Waals surface area contributed by atoms with E-state index in [1.165, 1.54) is 6.08 Å². The van der Waals surface area contributed by atoms with Crippen LogP contribution in [0.4, 0.5) is 0 Å². The van der Waals surface area contributed by atoms with Crippen LogP contribution < -0.4 is 5.32 Å². The van der Waals surface area contributed by atoms with Gasteiger partial charge in [0.1, 0.15) is 0 Å². The van der Waals surface area contributed by atoms with Crippen LogP contribution in [-0.2, 0) is 4.79 Å². The fourth-order valence-corrected chi connectivity index (χ4v) is 0.548. The second-order valence-electron chi connectivity index (χ2n) is 2.41. The van der Waals surface area contributed by atoms with Gasteiger partial charge in [-0.15, -0.1) is 0 Å². The molecule has 1 N–H and O–H groups in total. The van der Waals surface area contributed by atoms with E-state index in [1.807, 2.05) is 13.8 Å². The minimum atomic E-state index is -0.0562. The molecule has 0 saturated heterocycles. The van der Waals surface area contributed by atoms with Gasteiger partial charge in [-0.25, -0.2) is 0 Å². The molecule has 1 unspecified atom stereocenters. The minimum absolute atomic E-state index is 0.0562. The van der Waals surface area contributed by atoms with E-state index in [-0.39, 0.29) is 11.9 Å². The molecule has 0 aliphatic carbocycles. The molecule has 0 fully saturated rings. The quantitative estimate of drug-likeness (QED) is 0.483. The Bertz CT molecular complexity index is 161. The second-order valence-corrected chi connectivity index (χ2v) is 2.41. The summed E-state index contributed by atoms with van der Waals surface area (Å²) in [6.45, 7) is 7.47. The van der Waals surface area contributed by atoms with Gasteiger partial charge in [0, 0.05) is 12.1 Å². The van der Waals surface area contributed by atoms with Crippen molar-refractivity contribution in [2.24, 2.45) is 0 Å². The molecule has 1 amide bonds. The Morgan fingerprint density at radius 1 is 1.73 bits per heavy atom. The Morgan fingerprint density at radius 3 is 2.82 bits per heavy atom.